The van der Waals surface area contributed by atoms with Gasteiger partial charge < -0.3 is 15.0 Å². The van der Waals surface area contributed by atoms with Gasteiger partial charge in [-0.1, -0.05) is 13.3 Å². The first-order chi connectivity index (χ1) is 9.69. The van der Waals surface area contributed by atoms with Crippen LogP contribution in [0.3, 0.4) is 0 Å². The minimum atomic E-state index is -0.133. The van der Waals surface area contributed by atoms with E-state index >= 15 is 0 Å². The molecule has 0 saturated heterocycles. The molecule has 0 saturated carbocycles. The minimum Gasteiger partial charge on any atom is -0.385 e. The Kier molecular flexibility index (Phi) is 7.65. The van der Waals surface area contributed by atoms with Gasteiger partial charge in [-0.25, -0.2) is 0 Å². The number of ether oxygens (including phenoxy) is 1. The van der Waals surface area contributed by atoms with Crippen molar-refractivity contribution < 1.29 is 9.53 Å². The molecule has 1 N–H and O–H groups in total. The van der Waals surface area contributed by atoms with Crippen LogP contribution in [0, 0.1) is 0 Å². The molecule has 5 nitrogen and oxygen atoms in total. The highest BCUT2D eigenvalue weighted by molar-refractivity contribution is 5.93. The summed E-state index contributed by atoms with van der Waals surface area (Å²) in [5.41, 5.74) is 1.48. The SMILES string of the molecule is CCCCN(C)c1ccnc(C(=O)NCCCOC)c1. The van der Waals surface area contributed by atoms with E-state index < -0.39 is 0 Å². The first kappa shape index (κ1) is 16.4. The summed E-state index contributed by atoms with van der Waals surface area (Å²) in [4.78, 5) is 18.2. The summed E-state index contributed by atoms with van der Waals surface area (Å²) in [6, 6.07) is 3.76. The van der Waals surface area contributed by atoms with Crippen LogP contribution in [0.2, 0.25) is 0 Å². The number of anilines is 1. The molecule has 0 aromatic carbocycles. The fourth-order valence-corrected chi connectivity index (χ4v) is 1.81. The van der Waals surface area contributed by atoms with Crippen LogP contribution in [0.25, 0.3) is 0 Å². The predicted octanol–water partition coefficient (Wildman–Crippen LogP) is 2.08. The topological polar surface area (TPSA) is 54.5 Å². The third-order valence-electron chi connectivity index (χ3n) is 3.07. The molecule has 1 heterocycles. The van der Waals surface area contributed by atoms with Crippen molar-refractivity contribution in [2.24, 2.45) is 0 Å². The van der Waals surface area contributed by atoms with Crippen LogP contribution in [0.4, 0.5) is 5.69 Å². The molecule has 1 aromatic heterocycles. The molecule has 5 heteroatoms. The van der Waals surface area contributed by atoms with Gasteiger partial charge in [0.05, 0.1) is 0 Å². The summed E-state index contributed by atoms with van der Waals surface area (Å²) in [7, 11) is 3.68. The van der Waals surface area contributed by atoms with E-state index in [9.17, 15) is 4.79 Å². The first-order valence-corrected chi connectivity index (χ1v) is 7.13. The maximum Gasteiger partial charge on any atom is 0.269 e. The Hall–Kier alpha value is -1.62. The molecule has 20 heavy (non-hydrogen) atoms. The standard InChI is InChI=1S/C15H25N3O2/c1-4-5-10-18(2)13-7-9-16-14(12-13)15(19)17-8-6-11-20-3/h7,9,12H,4-6,8,10-11H2,1-3H3,(H,17,19). The summed E-state index contributed by atoms with van der Waals surface area (Å²) in [6.07, 6.45) is 4.78. The van der Waals surface area contributed by atoms with E-state index in [0.717, 1.165) is 31.5 Å². The van der Waals surface area contributed by atoms with E-state index in [1.54, 1.807) is 13.3 Å². The fraction of sp³-hybridized carbons (Fsp3) is 0.600. The van der Waals surface area contributed by atoms with Crippen molar-refractivity contribution in [2.45, 2.75) is 26.2 Å². The van der Waals surface area contributed by atoms with E-state index in [1.165, 1.54) is 0 Å². The Morgan fingerprint density at radius 1 is 1.45 bits per heavy atom. The number of carbonyl (C=O) groups excluding carboxylic acids is 1. The van der Waals surface area contributed by atoms with Crippen LogP contribution in [-0.2, 0) is 4.74 Å². The normalized spacial score (nSPS) is 10.3. The van der Waals surface area contributed by atoms with Crippen molar-refractivity contribution in [3.05, 3.63) is 24.0 Å². The van der Waals surface area contributed by atoms with Gasteiger partial charge in [-0.05, 0) is 25.0 Å². The molecule has 1 aromatic rings. The number of amides is 1. The summed E-state index contributed by atoms with van der Waals surface area (Å²) in [5, 5.41) is 2.84. The Morgan fingerprint density at radius 2 is 2.25 bits per heavy atom. The van der Waals surface area contributed by atoms with Crippen molar-refractivity contribution >= 4 is 11.6 Å². The zero-order valence-electron chi connectivity index (χ0n) is 12.7. The van der Waals surface area contributed by atoms with Gasteiger partial charge >= 0.3 is 0 Å². The number of methoxy groups -OCH3 is 1. The molecule has 0 atom stereocenters. The summed E-state index contributed by atoms with van der Waals surface area (Å²) < 4.78 is 4.94. The lowest BCUT2D eigenvalue weighted by molar-refractivity contribution is 0.0943. The van der Waals surface area contributed by atoms with Crippen molar-refractivity contribution in [1.82, 2.24) is 10.3 Å². The quantitative estimate of drug-likeness (QED) is 0.703. The number of unbranched alkanes of at least 4 members (excludes halogenated alkanes) is 1. The Labute approximate surface area is 121 Å². The van der Waals surface area contributed by atoms with Crippen LogP contribution >= 0.6 is 0 Å². The van der Waals surface area contributed by atoms with Crippen LogP contribution in [-0.4, -0.2) is 44.7 Å². The van der Waals surface area contributed by atoms with Gasteiger partial charge in [0.1, 0.15) is 5.69 Å². The maximum atomic E-state index is 12.0. The lowest BCUT2D eigenvalue weighted by atomic mass is 10.2. The molecule has 0 aliphatic heterocycles. The zero-order chi connectivity index (χ0) is 14.8. The lowest BCUT2D eigenvalue weighted by Gasteiger charge is -2.19. The number of pyridine rings is 1. The Bertz CT molecular complexity index is 410. The molecule has 0 radical (unpaired) electrons. The Balaban J connectivity index is 2.55. The van der Waals surface area contributed by atoms with Gasteiger partial charge in [-0.2, -0.15) is 0 Å². The van der Waals surface area contributed by atoms with Crippen LogP contribution in [0.5, 0.6) is 0 Å². The maximum absolute atomic E-state index is 12.0. The van der Waals surface area contributed by atoms with Crippen molar-refractivity contribution in [3.63, 3.8) is 0 Å². The summed E-state index contributed by atoms with van der Waals surface area (Å²) in [5.74, 6) is -0.133. The molecule has 0 unspecified atom stereocenters. The third-order valence-corrected chi connectivity index (χ3v) is 3.07. The molecule has 1 amide bonds. The Morgan fingerprint density at radius 3 is 2.95 bits per heavy atom. The molecular formula is C15H25N3O2. The molecule has 1 rings (SSSR count). The van der Waals surface area contributed by atoms with Gasteiger partial charge in [-0.3, -0.25) is 9.78 Å². The second-order valence-electron chi connectivity index (χ2n) is 4.78. The number of aromatic nitrogens is 1. The lowest BCUT2D eigenvalue weighted by Crippen LogP contribution is -2.26. The van der Waals surface area contributed by atoms with E-state index in [4.69, 9.17) is 4.74 Å². The van der Waals surface area contributed by atoms with Crippen molar-refractivity contribution in [3.8, 4) is 0 Å². The molecule has 0 spiro atoms. The largest absolute Gasteiger partial charge is 0.385 e. The smallest absolute Gasteiger partial charge is 0.269 e. The zero-order valence-corrected chi connectivity index (χ0v) is 12.7. The molecule has 0 aliphatic carbocycles. The van der Waals surface area contributed by atoms with Gasteiger partial charge in [0.15, 0.2) is 0 Å². The molecule has 0 aliphatic rings. The number of nitrogens with zero attached hydrogens (tertiary/aromatic N) is 2. The van der Waals surface area contributed by atoms with E-state index in [-0.39, 0.29) is 5.91 Å². The number of hydrogen-bond donors (Lipinski definition) is 1. The molecule has 0 fully saturated rings. The average Bonchev–Trinajstić information content (AvgIpc) is 2.49. The van der Waals surface area contributed by atoms with Gasteiger partial charge in [0.2, 0.25) is 0 Å². The van der Waals surface area contributed by atoms with Crippen LogP contribution in [0.15, 0.2) is 18.3 Å². The first-order valence-electron chi connectivity index (χ1n) is 7.13. The van der Waals surface area contributed by atoms with E-state index in [1.807, 2.05) is 19.2 Å². The monoisotopic (exact) mass is 279 g/mol. The third kappa shape index (κ3) is 5.57. The van der Waals surface area contributed by atoms with Crippen LogP contribution in [0.1, 0.15) is 36.7 Å². The molecule has 112 valence electrons. The van der Waals surface area contributed by atoms with Crippen LogP contribution < -0.4 is 10.2 Å². The predicted molar refractivity (Wildman–Crippen MR) is 81.2 cm³/mol. The van der Waals surface area contributed by atoms with Gasteiger partial charge in [-0.15, -0.1) is 0 Å². The summed E-state index contributed by atoms with van der Waals surface area (Å²) >= 11 is 0. The molecular weight excluding hydrogens is 254 g/mol. The highest BCUT2D eigenvalue weighted by Gasteiger charge is 2.09. The minimum absolute atomic E-state index is 0.133. The van der Waals surface area contributed by atoms with E-state index in [2.05, 4.69) is 22.1 Å². The number of hydrogen-bond acceptors (Lipinski definition) is 4. The van der Waals surface area contributed by atoms with Gasteiger partial charge in [0.25, 0.3) is 5.91 Å². The number of rotatable bonds is 9. The number of carbonyl (C=O) groups is 1. The second kappa shape index (κ2) is 9.31. The van der Waals surface area contributed by atoms with E-state index in [0.29, 0.717) is 18.8 Å². The fourth-order valence-electron chi connectivity index (χ4n) is 1.81. The highest BCUT2D eigenvalue weighted by atomic mass is 16.5. The number of nitrogens with one attached hydrogen (secondary N) is 1. The van der Waals surface area contributed by atoms with Crippen molar-refractivity contribution in [2.75, 3.05) is 38.8 Å². The van der Waals surface area contributed by atoms with Crippen molar-refractivity contribution in [1.29, 1.82) is 0 Å². The summed E-state index contributed by atoms with van der Waals surface area (Å²) in [6.45, 7) is 4.40. The molecule has 0 bridgehead atoms. The van der Waals surface area contributed by atoms with Gasteiger partial charge in [0, 0.05) is 45.7 Å². The average molecular weight is 279 g/mol. The highest BCUT2D eigenvalue weighted by Crippen LogP contribution is 2.13. The second-order valence-corrected chi connectivity index (χ2v) is 4.78.